The molecule has 0 bridgehead atoms. The van der Waals surface area contributed by atoms with Crippen LogP contribution < -0.4 is 4.90 Å². The molecule has 6 nitrogen and oxygen atoms in total. The molecule has 0 saturated heterocycles. The van der Waals surface area contributed by atoms with E-state index >= 15 is 0 Å². The van der Waals surface area contributed by atoms with E-state index in [4.69, 9.17) is 0 Å². The summed E-state index contributed by atoms with van der Waals surface area (Å²) in [6, 6.07) is 50.1. The molecule has 8 aromatic rings. The molecule has 6 heteroatoms. The Morgan fingerprint density at radius 2 is 1.30 bits per heavy atom. The van der Waals surface area contributed by atoms with Crippen LogP contribution >= 0.6 is 0 Å². The lowest BCUT2D eigenvalue weighted by Gasteiger charge is -2.26. The number of nitriles is 1. The van der Waals surface area contributed by atoms with Gasteiger partial charge in [0.05, 0.1) is 33.5 Å². The Balaban J connectivity index is 1.26. The minimum atomic E-state index is -1.20. The molecule has 0 radical (unpaired) electrons. The number of anilines is 1. The quantitative estimate of drug-likeness (QED) is 0.202. The zero-order chi connectivity index (χ0) is 33.8. The highest BCUT2D eigenvalue weighted by Gasteiger charge is 2.40. The van der Waals surface area contributed by atoms with Gasteiger partial charge in [-0.05, 0) is 52.6 Å². The first-order valence-corrected chi connectivity index (χ1v) is 16.4. The Bertz CT molecular complexity index is 2660. The number of nitrogens with zero attached hydrogens (tertiary/aromatic N) is 4. The molecule has 1 amide bonds. The first kappa shape index (κ1) is 29.3. The normalized spacial score (nSPS) is 13.9. The highest BCUT2D eigenvalue weighted by atomic mass is 16.3. The number of fused-ring (bicyclic) bond motifs is 4. The van der Waals surface area contributed by atoms with Crippen LogP contribution in [-0.4, -0.2) is 20.6 Å². The number of aliphatic hydroxyl groups is 1. The van der Waals surface area contributed by atoms with Gasteiger partial charge >= 0.3 is 0 Å². The van der Waals surface area contributed by atoms with Gasteiger partial charge < -0.3 is 9.67 Å². The van der Waals surface area contributed by atoms with Gasteiger partial charge in [0.25, 0.3) is 5.91 Å². The molecule has 1 N–H and O–H groups in total. The standard InChI is InChI=1S/C44H28N4O2/c45-25-28-23-32(27-46-26-28)31-21-22-35-34-15-7-8-18-37(34)47(40(35)24-31)39-20-10-17-36-42(39)44(50)48(43(36)49)38-19-9-16-33(29-11-3-1-4-12-29)41(38)30-13-5-2-6-14-30/h1-24,26-27,43,49H. The van der Waals surface area contributed by atoms with Crippen LogP contribution in [0.1, 0.15) is 27.7 Å². The van der Waals surface area contributed by atoms with E-state index in [0.29, 0.717) is 28.1 Å². The molecule has 1 aliphatic rings. The summed E-state index contributed by atoms with van der Waals surface area (Å²) < 4.78 is 2.11. The lowest BCUT2D eigenvalue weighted by Crippen LogP contribution is -2.28. The molecule has 9 rings (SSSR count). The van der Waals surface area contributed by atoms with Gasteiger partial charge in [0.15, 0.2) is 6.23 Å². The van der Waals surface area contributed by atoms with Gasteiger partial charge in [-0.1, -0.05) is 115 Å². The first-order chi connectivity index (χ1) is 24.6. The zero-order valence-corrected chi connectivity index (χ0v) is 26.7. The minimum absolute atomic E-state index is 0.279. The topological polar surface area (TPSA) is 82.2 Å². The molecule has 50 heavy (non-hydrogen) atoms. The van der Waals surface area contributed by atoms with Crippen molar-refractivity contribution < 1.29 is 9.90 Å². The smallest absolute Gasteiger partial charge is 0.263 e. The third kappa shape index (κ3) is 4.53. The number of aliphatic hydroxyl groups excluding tert-OH is 1. The number of benzene rings is 6. The maximum Gasteiger partial charge on any atom is 0.263 e. The number of carbonyl (C=O) groups is 1. The molecule has 1 unspecified atom stereocenters. The Morgan fingerprint density at radius 1 is 0.600 bits per heavy atom. The molecule has 0 spiro atoms. The van der Waals surface area contributed by atoms with Gasteiger partial charge in [-0.2, -0.15) is 5.26 Å². The number of amides is 1. The molecule has 2 aromatic heterocycles. The summed E-state index contributed by atoms with van der Waals surface area (Å²) in [4.78, 5) is 20.7. The average Bonchev–Trinajstić information content (AvgIpc) is 3.65. The van der Waals surface area contributed by atoms with Crippen molar-refractivity contribution in [2.24, 2.45) is 0 Å². The summed E-state index contributed by atoms with van der Waals surface area (Å²) in [6.45, 7) is 0. The van der Waals surface area contributed by atoms with E-state index < -0.39 is 6.23 Å². The monoisotopic (exact) mass is 644 g/mol. The van der Waals surface area contributed by atoms with Crippen LogP contribution in [0.15, 0.2) is 158 Å². The summed E-state index contributed by atoms with van der Waals surface area (Å²) in [6.07, 6.45) is 2.10. The fraction of sp³-hybridized carbons (Fsp3) is 0.0227. The summed E-state index contributed by atoms with van der Waals surface area (Å²) in [7, 11) is 0. The molecular formula is C44H28N4O2. The summed E-state index contributed by atoms with van der Waals surface area (Å²) in [5, 5.41) is 23.6. The molecule has 6 aromatic carbocycles. The van der Waals surface area contributed by atoms with Crippen molar-refractivity contribution in [3.8, 4) is 45.1 Å². The van der Waals surface area contributed by atoms with Crippen molar-refractivity contribution in [3.63, 3.8) is 0 Å². The number of rotatable bonds is 5. The van der Waals surface area contributed by atoms with Gasteiger partial charge in [0, 0.05) is 39.9 Å². The molecule has 0 saturated carbocycles. The van der Waals surface area contributed by atoms with Gasteiger partial charge in [-0.15, -0.1) is 0 Å². The van der Waals surface area contributed by atoms with Crippen LogP contribution in [0.2, 0.25) is 0 Å². The van der Waals surface area contributed by atoms with E-state index in [0.717, 1.165) is 55.2 Å². The summed E-state index contributed by atoms with van der Waals surface area (Å²) >= 11 is 0. The molecule has 3 heterocycles. The molecule has 0 aliphatic carbocycles. The van der Waals surface area contributed by atoms with Gasteiger partial charge in [0.2, 0.25) is 0 Å². The summed E-state index contributed by atoms with van der Waals surface area (Å²) in [5.74, 6) is -0.279. The first-order valence-electron chi connectivity index (χ1n) is 16.4. The Morgan fingerprint density at radius 3 is 2.10 bits per heavy atom. The van der Waals surface area contributed by atoms with Crippen molar-refractivity contribution in [2.45, 2.75) is 6.23 Å². The Hall–Kier alpha value is -6.81. The van der Waals surface area contributed by atoms with Crippen molar-refractivity contribution in [2.75, 3.05) is 4.90 Å². The second-order valence-corrected chi connectivity index (χ2v) is 12.4. The molecular weight excluding hydrogens is 617 g/mol. The maximum absolute atomic E-state index is 14.9. The molecule has 1 atom stereocenters. The summed E-state index contributed by atoms with van der Waals surface area (Å²) in [5.41, 5.74) is 10.2. The van der Waals surface area contributed by atoms with Crippen molar-refractivity contribution in [1.29, 1.82) is 5.26 Å². The number of carbonyl (C=O) groups excluding carboxylic acids is 1. The van der Waals surface area contributed by atoms with E-state index in [2.05, 4.69) is 58.1 Å². The highest BCUT2D eigenvalue weighted by Crippen LogP contribution is 2.47. The lowest BCUT2D eigenvalue weighted by molar-refractivity contribution is 0.0935. The minimum Gasteiger partial charge on any atom is -0.369 e. The third-order valence-electron chi connectivity index (χ3n) is 9.59. The van der Waals surface area contributed by atoms with E-state index in [1.165, 1.54) is 4.90 Å². The molecule has 236 valence electrons. The lowest BCUT2D eigenvalue weighted by atomic mass is 9.92. The molecule has 1 aliphatic heterocycles. The zero-order valence-electron chi connectivity index (χ0n) is 26.7. The second kappa shape index (κ2) is 11.7. The predicted octanol–water partition coefficient (Wildman–Crippen LogP) is 9.70. The number of aromatic nitrogens is 2. The van der Waals surface area contributed by atoms with Crippen LogP contribution in [-0.2, 0) is 0 Å². The predicted molar refractivity (Wildman–Crippen MR) is 198 cm³/mol. The SMILES string of the molecule is N#Cc1cncc(-c2ccc3c4ccccc4n(-c4cccc5c4C(=O)N(c4cccc(-c6ccccc6)c4-c4ccccc4)C5O)c3c2)c1. The van der Waals surface area contributed by atoms with Crippen molar-refractivity contribution in [1.82, 2.24) is 9.55 Å². The highest BCUT2D eigenvalue weighted by molar-refractivity contribution is 6.17. The van der Waals surface area contributed by atoms with Crippen molar-refractivity contribution in [3.05, 3.63) is 175 Å². The maximum atomic E-state index is 14.9. The fourth-order valence-electron chi connectivity index (χ4n) is 7.38. The van der Waals surface area contributed by atoms with Gasteiger partial charge in [-0.25, -0.2) is 0 Å². The van der Waals surface area contributed by atoms with Crippen molar-refractivity contribution >= 4 is 33.4 Å². The average molecular weight is 645 g/mol. The largest absolute Gasteiger partial charge is 0.369 e. The van der Waals surface area contributed by atoms with E-state index in [1.807, 2.05) is 103 Å². The Kier molecular flexibility index (Phi) is 6.87. The van der Waals surface area contributed by atoms with Crippen LogP contribution in [0.5, 0.6) is 0 Å². The number of hydrogen-bond acceptors (Lipinski definition) is 4. The van der Waals surface area contributed by atoms with Crippen LogP contribution in [0, 0.1) is 11.3 Å². The second-order valence-electron chi connectivity index (χ2n) is 12.4. The van der Waals surface area contributed by atoms with Gasteiger partial charge in [-0.3, -0.25) is 14.7 Å². The van der Waals surface area contributed by atoms with Crippen LogP contribution in [0.4, 0.5) is 5.69 Å². The van der Waals surface area contributed by atoms with E-state index in [-0.39, 0.29) is 5.91 Å². The number of para-hydroxylation sites is 1. The Labute approximate surface area is 288 Å². The third-order valence-corrected chi connectivity index (χ3v) is 9.59. The van der Waals surface area contributed by atoms with E-state index in [9.17, 15) is 15.2 Å². The van der Waals surface area contributed by atoms with Gasteiger partial charge in [0.1, 0.15) is 6.07 Å². The van der Waals surface area contributed by atoms with Crippen LogP contribution in [0.3, 0.4) is 0 Å². The number of hydrogen-bond donors (Lipinski definition) is 1. The van der Waals surface area contributed by atoms with E-state index in [1.54, 1.807) is 12.4 Å². The van der Waals surface area contributed by atoms with Crippen LogP contribution in [0.25, 0.3) is 60.9 Å². The fourth-order valence-corrected chi connectivity index (χ4v) is 7.38. The number of pyridine rings is 1. The molecule has 0 fully saturated rings.